The molecule has 3 heteroatoms. The molecule has 2 rings (SSSR count). The van der Waals surface area contributed by atoms with Gasteiger partial charge in [-0.25, -0.2) is 0 Å². The minimum atomic E-state index is -0.456. The molecule has 0 aromatic rings. The van der Waals surface area contributed by atoms with E-state index in [4.69, 9.17) is 4.74 Å². The molecule has 0 aromatic carbocycles. The molecule has 0 spiro atoms. The van der Waals surface area contributed by atoms with Crippen LogP contribution in [0.3, 0.4) is 0 Å². The highest BCUT2D eigenvalue weighted by atomic mass is 16.6. The zero-order valence-corrected chi connectivity index (χ0v) is 11.9. The van der Waals surface area contributed by atoms with Crippen LogP contribution in [-0.2, 0) is 4.74 Å². The fourth-order valence-electron chi connectivity index (χ4n) is 3.25. The zero-order valence-electron chi connectivity index (χ0n) is 11.9. The summed E-state index contributed by atoms with van der Waals surface area (Å²) in [4.78, 5) is 0. The van der Waals surface area contributed by atoms with E-state index < -0.39 is 12.2 Å². The number of aliphatic hydroxyl groups is 2. The van der Waals surface area contributed by atoms with Gasteiger partial charge in [-0.15, -0.1) is 0 Å². The van der Waals surface area contributed by atoms with E-state index in [2.05, 4.69) is 20.8 Å². The summed E-state index contributed by atoms with van der Waals surface area (Å²) in [6.07, 6.45) is 3.46. The van der Waals surface area contributed by atoms with Crippen LogP contribution in [0, 0.1) is 11.8 Å². The van der Waals surface area contributed by atoms with Crippen LogP contribution in [0.5, 0.6) is 0 Å². The van der Waals surface area contributed by atoms with Crippen LogP contribution in [0.1, 0.15) is 47.0 Å². The molecule has 2 N–H and O–H groups in total. The lowest BCUT2D eigenvalue weighted by Gasteiger charge is -2.27. The van der Waals surface area contributed by atoms with Gasteiger partial charge < -0.3 is 14.9 Å². The quantitative estimate of drug-likeness (QED) is 0.557. The first-order valence-corrected chi connectivity index (χ1v) is 7.05. The predicted octanol–water partition coefficient (Wildman–Crippen LogP) is 2.27. The number of rotatable bonds is 1. The van der Waals surface area contributed by atoms with Gasteiger partial charge in [0.1, 0.15) is 6.10 Å². The van der Waals surface area contributed by atoms with Crippen molar-refractivity contribution in [3.05, 3.63) is 11.6 Å². The molecule has 1 saturated heterocycles. The third kappa shape index (κ3) is 2.79. The molecular weight excluding hydrogens is 228 g/mol. The molecule has 0 amide bonds. The van der Waals surface area contributed by atoms with Gasteiger partial charge in [-0.05, 0) is 38.5 Å². The molecule has 0 radical (unpaired) electrons. The average molecular weight is 254 g/mol. The van der Waals surface area contributed by atoms with Gasteiger partial charge in [0.15, 0.2) is 0 Å². The first-order chi connectivity index (χ1) is 8.33. The first kappa shape index (κ1) is 14.0. The molecule has 0 unspecified atom stereocenters. The molecule has 0 bridgehead atoms. The number of hydrogen-bond donors (Lipinski definition) is 2. The number of allylic oxidation sites excluding steroid dienone is 1. The lowest BCUT2D eigenvalue weighted by atomic mass is 9.80. The van der Waals surface area contributed by atoms with Crippen LogP contribution in [0.4, 0.5) is 0 Å². The van der Waals surface area contributed by atoms with Crippen LogP contribution in [-0.4, -0.2) is 34.1 Å². The second-order valence-electron chi connectivity index (χ2n) is 6.57. The number of ether oxygens (including phenoxy) is 1. The highest BCUT2D eigenvalue weighted by Crippen LogP contribution is 2.46. The topological polar surface area (TPSA) is 53.0 Å². The maximum Gasteiger partial charge on any atom is 0.113 e. The fraction of sp³-hybridized carbons (Fsp3) is 0.867. The fourth-order valence-corrected chi connectivity index (χ4v) is 3.25. The van der Waals surface area contributed by atoms with Gasteiger partial charge in [-0.1, -0.05) is 25.5 Å². The monoisotopic (exact) mass is 254 g/mol. The minimum absolute atomic E-state index is 0.105. The van der Waals surface area contributed by atoms with E-state index in [1.807, 2.05) is 13.0 Å². The van der Waals surface area contributed by atoms with Crippen molar-refractivity contribution in [2.24, 2.45) is 11.8 Å². The lowest BCUT2D eigenvalue weighted by Crippen LogP contribution is -2.35. The van der Waals surface area contributed by atoms with E-state index in [0.717, 1.165) is 12.8 Å². The Balaban J connectivity index is 2.19. The Morgan fingerprint density at radius 1 is 1.39 bits per heavy atom. The van der Waals surface area contributed by atoms with E-state index in [1.54, 1.807) is 0 Å². The Morgan fingerprint density at radius 2 is 2.06 bits per heavy atom. The van der Waals surface area contributed by atoms with Crippen LogP contribution >= 0.6 is 0 Å². The van der Waals surface area contributed by atoms with Crippen molar-refractivity contribution in [1.29, 1.82) is 0 Å². The summed E-state index contributed by atoms with van der Waals surface area (Å²) < 4.78 is 5.70. The van der Waals surface area contributed by atoms with Crippen LogP contribution in [0.25, 0.3) is 0 Å². The van der Waals surface area contributed by atoms with E-state index in [1.165, 1.54) is 5.57 Å². The smallest absolute Gasteiger partial charge is 0.113 e. The molecule has 1 aliphatic carbocycles. The first-order valence-electron chi connectivity index (χ1n) is 7.05. The van der Waals surface area contributed by atoms with Crippen LogP contribution < -0.4 is 0 Å². The second kappa shape index (κ2) is 4.95. The van der Waals surface area contributed by atoms with Gasteiger partial charge >= 0.3 is 0 Å². The Hall–Kier alpha value is -0.380. The van der Waals surface area contributed by atoms with Crippen molar-refractivity contribution in [1.82, 2.24) is 0 Å². The molecule has 18 heavy (non-hydrogen) atoms. The van der Waals surface area contributed by atoms with Crippen molar-refractivity contribution in [3.63, 3.8) is 0 Å². The maximum absolute atomic E-state index is 10.5. The number of hydrogen-bond acceptors (Lipinski definition) is 3. The molecule has 1 aliphatic heterocycles. The number of fused-ring (bicyclic) bond motifs is 1. The molecular formula is C15H26O3. The Morgan fingerprint density at radius 3 is 2.67 bits per heavy atom. The molecule has 2 aliphatic rings. The van der Waals surface area contributed by atoms with Gasteiger partial charge in [-0.3, -0.25) is 0 Å². The minimum Gasteiger partial charge on any atom is -0.390 e. The Bertz CT molecular complexity index is 337. The third-order valence-corrected chi connectivity index (χ3v) is 4.51. The zero-order chi connectivity index (χ0) is 13.5. The van der Waals surface area contributed by atoms with E-state index in [0.29, 0.717) is 12.3 Å². The molecule has 1 fully saturated rings. The second-order valence-corrected chi connectivity index (χ2v) is 6.57. The highest BCUT2D eigenvalue weighted by molar-refractivity contribution is 5.12. The average Bonchev–Trinajstić information content (AvgIpc) is 2.88. The number of epoxide rings is 1. The Kier molecular flexibility index (Phi) is 3.86. The molecule has 0 saturated carbocycles. The van der Waals surface area contributed by atoms with Gasteiger partial charge in [0.25, 0.3) is 0 Å². The largest absolute Gasteiger partial charge is 0.390 e. The maximum atomic E-state index is 10.5. The van der Waals surface area contributed by atoms with Crippen LogP contribution in [0.15, 0.2) is 11.6 Å². The van der Waals surface area contributed by atoms with E-state index >= 15 is 0 Å². The Labute approximate surface area is 110 Å². The summed E-state index contributed by atoms with van der Waals surface area (Å²) in [6, 6.07) is 0. The van der Waals surface area contributed by atoms with Crippen molar-refractivity contribution in [2.45, 2.75) is 70.9 Å². The summed E-state index contributed by atoms with van der Waals surface area (Å²) >= 11 is 0. The molecule has 1 heterocycles. The molecule has 3 nitrogen and oxygen atoms in total. The van der Waals surface area contributed by atoms with Gasteiger partial charge in [0.2, 0.25) is 0 Å². The van der Waals surface area contributed by atoms with Crippen LogP contribution in [0.2, 0.25) is 0 Å². The van der Waals surface area contributed by atoms with E-state index in [-0.39, 0.29) is 17.6 Å². The van der Waals surface area contributed by atoms with Crippen molar-refractivity contribution in [3.8, 4) is 0 Å². The van der Waals surface area contributed by atoms with E-state index in [9.17, 15) is 10.2 Å². The molecule has 5 atom stereocenters. The molecule has 0 aromatic heterocycles. The highest BCUT2D eigenvalue weighted by Gasteiger charge is 2.58. The summed E-state index contributed by atoms with van der Waals surface area (Å²) in [5.41, 5.74) is 0.864. The standard InChI is InChI=1S/C15H26O3/c1-9(2)12-6-5-10(3)7-11(16)8-15(4)14(18-15)13(12)17/h7,9,11-14,16-17H,5-6,8H2,1-4H3/b10-7+/t11-,12-,13+,14-,15-/m0/s1. The summed E-state index contributed by atoms with van der Waals surface area (Å²) in [5, 5.41) is 20.5. The van der Waals surface area contributed by atoms with Gasteiger partial charge in [0.05, 0.1) is 17.8 Å². The van der Waals surface area contributed by atoms with Gasteiger partial charge in [-0.2, -0.15) is 0 Å². The predicted molar refractivity (Wildman–Crippen MR) is 71.2 cm³/mol. The van der Waals surface area contributed by atoms with Crippen molar-refractivity contribution >= 4 is 0 Å². The van der Waals surface area contributed by atoms with Crippen molar-refractivity contribution < 1.29 is 14.9 Å². The summed E-state index contributed by atoms with van der Waals surface area (Å²) in [7, 11) is 0. The normalized spacial score (nSPS) is 48.3. The molecule has 104 valence electrons. The number of aliphatic hydroxyl groups excluding tert-OH is 2. The third-order valence-electron chi connectivity index (χ3n) is 4.51. The summed E-state index contributed by atoms with van der Waals surface area (Å²) in [6.45, 7) is 8.37. The summed E-state index contributed by atoms with van der Waals surface area (Å²) in [5.74, 6) is 0.723. The van der Waals surface area contributed by atoms with Gasteiger partial charge in [0, 0.05) is 6.42 Å². The SMILES string of the molecule is C/C1=C\[C@H](O)C[C@]2(C)O[C@H]2[C@H](O)[C@H](C(C)C)CC1. The van der Waals surface area contributed by atoms with Crippen molar-refractivity contribution in [2.75, 3.05) is 0 Å². The lowest BCUT2D eigenvalue weighted by molar-refractivity contribution is 0.0504.